The largest absolute Gasteiger partial charge is 0.399 e. The molecular formula is C14H18N4S. The molecule has 0 fully saturated rings. The zero-order valence-corrected chi connectivity index (χ0v) is 11.9. The van der Waals surface area contributed by atoms with Crippen LogP contribution in [0.1, 0.15) is 30.7 Å². The van der Waals surface area contributed by atoms with E-state index in [2.05, 4.69) is 27.8 Å². The smallest absolute Gasteiger partial charge is 0.196 e. The van der Waals surface area contributed by atoms with E-state index < -0.39 is 0 Å². The number of aryl methyl sites for hydroxylation is 2. The molecule has 0 atom stereocenters. The Labute approximate surface area is 117 Å². The van der Waals surface area contributed by atoms with Crippen molar-refractivity contribution in [3.63, 3.8) is 0 Å². The third kappa shape index (κ3) is 2.61. The molecule has 0 spiro atoms. The Morgan fingerprint density at radius 1 is 1.21 bits per heavy atom. The van der Waals surface area contributed by atoms with E-state index >= 15 is 0 Å². The maximum atomic E-state index is 5.86. The molecule has 1 aliphatic heterocycles. The average Bonchev–Trinajstić information content (AvgIpc) is 2.62. The third-order valence-corrected chi connectivity index (χ3v) is 4.63. The van der Waals surface area contributed by atoms with E-state index in [-0.39, 0.29) is 0 Å². The molecule has 0 saturated heterocycles. The van der Waals surface area contributed by atoms with Gasteiger partial charge >= 0.3 is 0 Å². The maximum Gasteiger partial charge on any atom is 0.196 e. The zero-order valence-electron chi connectivity index (χ0n) is 11.1. The lowest BCUT2D eigenvalue weighted by Gasteiger charge is -2.08. The van der Waals surface area contributed by atoms with E-state index in [4.69, 9.17) is 5.73 Å². The van der Waals surface area contributed by atoms with Gasteiger partial charge in [-0.1, -0.05) is 12.5 Å². The zero-order chi connectivity index (χ0) is 13.2. The van der Waals surface area contributed by atoms with Crippen molar-refractivity contribution in [2.45, 2.75) is 49.2 Å². The molecule has 1 aromatic heterocycles. The molecular weight excluding hydrogens is 256 g/mol. The summed E-state index contributed by atoms with van der Waals surface area (Å²) in [6, 6.07) is 6.00. The number of nitrogens with zero attached hydrogens (tertiary/aromatic N) is 3. The first kappa shape index (κ1) is 12.5. The number of rotatable bonds is 2. The number of fused-ring (bicyclic) bond motifs is 1. The Morgan fingerprint density at radius 2 is 2.11 bits per heavy atom. The fourth-order valence-electron chi connectivity index (χ4n) is 2.36. The van der Waals surface area contributed by atoms with Crippen molar-refractivity contribution < 1.29 is 0 Å². The molecule has 2 aromatic rings. The third-order valence-electron chi connectivity index (χ3n) is 3.49. The maximum absolute atomic E-state index is 5.86. The highest BCUT2D eigenvalue weighted by Gasteiger charge is 2.16. The molecule has 0 aliphatic carbocycles. The molecule has 4 nitrogen and oxygen atoms in total. The Hall–Kier alpha value is -1.49. The average molecular weight is 274 g/mol. The van der Waals surface area contributed by atoms with Gasteiger partial charge in [0.05, 0.1) is 0 Å². The molecule has 0 amide bonds. The Bertz CT molecular complexity index is 591. The number of hydrogen-bond acceptors (Lipinski definition) is 4. The summed E-state index contributed by atoms with van der Waals surface area (Å²) in [5.41, 5.74) is 7.89. The number of aromatic nitrogens is 3. The van der Waals surface area contributed by atoms with Crippen LogP contribution in [0.3, 0.4) is 0 Å². The number of benzene rings is 1. The molecule has 19 heavy (non-hydrogen) atoms. The molecule has 0 unspecified atom stereocenters. The summed E-state index contributed by atoms with van der Waals surface area (Å²) in [5.74, 6) is 1.13. The van der Waals surface area contributed by atoms with Crippen LogP contribution in [0.25, 0.3) is 0 Å². The van der Waals surface area contributed by atoms with Crippen LogP contribution in [0, 0.1) is 6.92 Å². The van der Waals surface area contributed by atoms with Gasteiger partial charge in [-0.15, -0.1) is 10.2 Å². The van der Waals surface area contributed by atoms with Gasteiger partial charge in [0.2, 0.25) is 0 Å². The number of nitrogen functional groups attached to an aromatic ring is 1. The quantitative estimate of drug-likeness (QED) is 0.855. The van der Waals surface area contributed by atoms with Crippen LogP contribution < -0.4 is 5.73 Å². The Balaban J connectivity index is 1.91. The minimum atomic E-state index is 0.795. The van der Waals surface area contributed by atoms with E-state index in [0.29, 0.717) is 0 Å². The molecule has 0 radical (unpaired) electrons. The number of anilines is 1. The molecule has 1 aliphatic rings. The fraction of sp³-hybridized carbons (Fsp3) is 0.429. The van der Waals surface area contributed by atoms with Crippen molar-refractivity contribution in [3.05, 3.63) is 29.6 Å². The summed E-state index contributed by atoms with van der Waals surface area (Å²) in [6.07, 6.45) is 4.77. The van der Waals surface area contributed by atoms with Crippen molar-refractivity contribution in [3.8, 4) is 0 Å². The van der Waals surface area contributed by atoms with Crippen molar-refractivity contribution >= 4 is 17.4 Å². The summed E-state index contributed by atoms with van der Waals surface area (Å²) in [4.78, 5) is 1.17. The SMILES string of the molecule is Cc1ccc(N)cc1Sc1nnc2n1CCCCC2. The van der Waals surface area contributed by atoms with Crippen molar-refractivity contribution in [2.24, 2.45) is 0 Å². The van der Waals surface area contributed by atoms with Crippen LogP contribution in [-0.4, -0.2) is 14.8 Å². The van der Waals surface area contributed by atoms with Gasteiger partial charge in [0.25, 0.3) is 0 Å². The lowest BCUT2D eigenvalue weighted by atomic mass is 10.2. The molecule has 1 aromatic carbocycles. The first-order chi connectivity index (χ1) is 9.24. The predicted molar refractivity (Wildman–Crippen MR) is 77.3 cm³/mol. The van der Waals surface area contributed by atoms with Gasteiger partial charge in [-0.05, 0) is 49.2 Å². The van der Waals surface area contributed by atoms with E-state index in [1.807, 2.05) is 12.1 Å². The fourth-order valence-corrected chi connectivity index (χ4v) is 3.37. The van der Waals surface area contributed by atoms with Crippen LogP contribution in [0.5, 0.6) is 0 Å². The van der Waals surface area contributed by atoms with Gasteiger partial charge in [-0.25, -0.2) is 0 Å². The highest BCUT2D eigenvalue weighted by molar-refractivity contribution is 7.99. The Morgan fingerprint density at radius 3 is 3.00 bits per heavy atom. The van der Waals surface area contributed by atoms with Crippen LogP contribution >= 0.6 is 11.8 Å². The standard InChI is InChI=1S/C14H18N4S/c1-10-6-7-11(15)9-12(10)19-14-17-16-13-5-3-2-4-8-18(13)14/h6-7,9H,2-5,8,15H2,1H3. The molecule has 5 heteroatoms. The van der Waals surface area contributed by atoms with Gasteiger partial charge in [0.15, 0.2) is 5.16 Å². The van der Waals surface area contributed by atoms with Crippen molar-refractivity contribution in [1.29, 1.82) is 0 Å². The van der Waals surface area contributed by atoms with Crippen LogP contribution in [0.2, 0.25) is 0 Å². The van der Waals surface area contributed by atoms with Crippen LogP contribution in [0.4, 0.5) is 5.69 Å². The van der Waals surface area contributed by atoms with Gasteiger partial charge in [-0.3, -0.25) is 0 Å². The van der Waals surface area contributed by atoms with Crippen LogP contribution in [0.15, 0.2) is 28.3 Å². The van der Waals surface area contributed by atoms with Gasteiger partial charge in [0.1, 0.15) is 5.82 Å². The highest BCUT2D eigenvalue weighted by atomic mass is 32.2. The second-order valence-electron chi connectivity index (χ2n) is 4.99. The van der Waals surface area contributed by atoms with Gasteiger partial charge in [0, 0.05) is 23.5 Å². The molecule has 2 N–H and O–H groups in total. The van der Waals surface area contributed by atoms with Crippen molar-refractivity contribution in [1.82, 2.24) is 14.8 Å². The monoisotopic (exact) mass is 274 g/mol. The first-order valence-electron chi connectivity index (χ1n) is 6.70. The van der Waals surface area contributed by atoms with Crippen molar-refractivity contribution in [2.75, 3.05) is 5.73 Å². The first-order valence-corrected chi connectivity index (χ1v) is 7.52. The lowest BCUT2D eigenvalue weighted by molar-refractivity contribution is 0.591. The second-order valence-corrected chi connectivity index (χ2v) is 6.00. The lowest BCUT2D eigenvalue weighted by Crippen LogP contribution is -2.02. The Kier molecular flexibility index (Phi) is 3.46. The number of nitrogens with two attached hydrogens (primary N) is 1. The summed E-state index contributed by atoms with van der Waals surface area (Å²) in [6.45, 7) is 3.13. The molecule has 0 saturated carbocycles. The topological polar surface area (TPSA) is 56.7 Å². The van der Waals surface area contributed by atoms with Gasteiger partial charge < -0.3 is 10.3 Å². The predicted octanol–water partition coefficient (Wildman–Crippen LogP) is 3.05. The van der Waals surface area contributed by atoms with Crippen LogP contribution in [-0.2, 0) is 13.0 Å². The summed E-state index contributed by atoms with van der Waals surface area (Å²) in [5, 5.41) is 9.66. The molecule has 2 heterocycles. The number of hydrogen-bond donors (Lipinski definition) is 1. The van der Waals surface area contributed by atoms with E-state index in [1.165, 1.54) is 29.7 Å². The van der Waals surface area contributed by atoms with E-state index in [1.54, 1.807) is 11.8 Å². The minimum absolute atomic E-state index is 0.795. The second kappa shape index (κ2) is 5.25. The summed E-state index contributed by atoms with van der Waals surface area (Å²) >= 11 is 1.67. The highest BCUT2D eigenvalue weighted by Crippen LogP contribution is 2.31. The summed E-state index contributed by atoms with van der Waals surface area (Å²) < 4.78 is 2.26. The van der Waals surface area contributed by atoms with Gasteiger partial charge in [-0.2, -0.15) is 0 Å². The molecule has 0 bridgehead atoms. The van der Waals surface area contributed by atoms with E-state index in [9.17, 15) is 0 Å². The summed E-state index contributed by atoms with van der Waals surface area (Å²) in [7, 11) is 0. The minimum Gasteiger partial charge on any atom is -0.399 e. The molecule has 100 valence electrons. The van der Waals surface area contributed by atoms with E-state index in [0.717, 1.165) is 29.6 Å². The molecule has 3 rings (SSSR count). The normalized spacial score (nSPS) is 15.0.